The lowest BCUT2D eigenvalue weighted by Crippen LogP contribution is -2.28. The molecule has 3 aromatic rings. The molecule has 5 nitrogen and oxygen atoms in total. The Morgan fingerprint density at radius 2 is 1.61 bits per heavy atom. The third kappa shape index (κ3) is 7.25. The normalized spacial score (nSPS) is 11.3. The number of aryl methyl sites for hydroxylation is 1. The summed E-state index contributed by atoms with van der Waals surface area (Å²) in [6.07, 6.45) is 1.47. The molecule has 1 unspecified atom stereocenters. The van der Waals surface area contributed by atoms with E-state index in [1.165, 1.54) is 6.92 Å². The quantitative estimate of drug-likeness (QED) is 0.239. The predicted molar refractivity (Wildman–Crippen MR) is 143 cm³/mol. The second-order valence-corrected chi connectivity index (χ2v) is 10.00. The van der Waals surface area contributed by atoms with Crippen molar-refractivity contribution < 1.29 is 17.9 Å². The van der Waals surface area contributed by atoms with E-state index in [0.29, 0.717) is 17.7 Å². The van der Waals surface area contributed by atoms with Crippen LogP contribution in [0.3, 0.4) is 0 Å². The van der Waals surface area contributed by atoms with Crippen LogP contribution in [0.4, 0.5) is 5.69 Å². The van der Waals surface area contributed by atoms with Gasteiger partial charge in [0.05, 0.1) is 16.1 Å². The molecule has 1 atom stereocenters. The van der Waals surface area contributed by atoms with Gasteiger partial charge in [-0.25, -0.2) is 8.42 Å². The van der Waals surface area contributed by atoms with Gasteiger partial charge in [0.15, 0.2) is 6.10 Å². The highest BCUT2D eigenvalue weighted by atomic mass is 32.2. The fourth-order valence-corrected chi connectivity index (χ4v) is 4.65. The average molecular weight is 500 g/mol. The lowest BCUT2D eigenvalue weighted by Gasteiger charge is -2.20. The molecule has 0 bridgehead atoms. The maximum absolute atomic E-state index is 13.8. The van der Waals surface area contributed by atoms with E-state index in [0.717, 1.165) is 28.3 Å². The second kappa shape index (κ2) is 12.6. The zero-order valence-corrected chi connectivity index (χ0v) is 21.5. The van der Waals surface area contributed by atoms with Crippen molar-refractivity contribution in [2.24, 2.45) is 0 Å². The van der Waals surface area contributed by atoms with Gasteiger partial charge in [-0.05, 0) is 62.1 Å². The van der Waals surface area contributed by atoms with Crippen molar-refractivity contribution in [2.75, 3.05) is 4.31 Å². The van der Waals surface area contributed by atoms with Crippen LogP contribution in [0.2, 0.25) is 0 Å². The molecular weight excluding hydrogens is 470 g/mol. The average Bonchev–Trinajstić information content (AvgIpc) is 2.87. The van der Waals surface area contributed by atoms with Gasteiger partial charge in [0.25, 0.3) is 10.0 Å². The molecule has 184 valence electrons. The minimum atomic E-state index is -4.07. The molecule has 3 rings (SSSR count). The van der Waals surface area contributed by atoms with E-state index in [1.54, 1.807) is 48.5 Å². The number of carbonyl (C=O) groups excluding carboxylic acids is 1. The number of sulfonamides is 1. The maximum Gasteiger partial charge on any atom is 0.303 e. The Morgan fingerprint density at radius 3 is 2.28 bits per heavy atom. The molecule has 0 radical (unpaired) electrons. The summed E-state index contributed by atoms with van der Waals surface area (Å²) < 4.78 is 34.0. The van der Waals surface area contributed by atoms with Crippen molar-refractivity contribution in [3.05, 3.63) is 95.6 Å². The van der Waals surface area contributed by atoms with Gasteiger partial charge in [-0.15, -0.1) is 0 Å². The molecule has 0 aliphatic rings. The standard InChI is InChI=1S/C30H29NO4S/c1-4-5-14-28(35-25(3)32)22-23-31(36(33,34)29-20-16-24(2)17-21-29)30-15-10-9-13-27(30)19-18-26-11-7-6-8-12-26/h6-13,15-17,20-21,28H,4-5,14H2,1-3H3. The van der Waals surface area contributed by atoms with E-state index >= 15 is 0 Å². The summed E-state index contributed by atoms with van der Waals surface area (Å²) in [4.78, 5) is 11.7. The zero-order chi connectivity index (χ0) is 26.0. The summed E-state index contributed by atoms with van der Waals surface area (Å²) in [6.45, 7) is 5.23. The number of para-hydroxylation sites is 1. The van der Waals surface area contributed by atoms with Gasteiger partial charge >= 0.3 is 5.97 Å². The summed E-state index contributed by atoms with van der Waals surface area (Å²) in [6, 6.07) is 25.8. The van der Waals surface area contributed by atoms with Gasteiger partial charge in [0.2, 0.25) is 0 Å². The van der Waals surface area contributed by atoms with Crippen molar-refractivity contribution in [2.45, 2.75) is 51.0 Å². The lowest BCUT2D eigenvalue weighted by atomic mass is 10.1. The van der Waals surface area contributed by atoms with E-state index < -0.39 is 22.1 Å². The fraction of sp³-hybridized carbons (Fsp3) is 0.233. The van der Waals surface area contributed by atoms with Gasteiger partial charge in [0.1, 0.15) is 0 Å². The topological polar surface area (TPSA) is 63.7 Å². The molecular formula is C30H29NO4S. The first-order chi connectivity index (χ1) is 17.3. The van der Waals surface area contributed by atoms with Crippen LogP contribution in [0.1, 0.15) is 49.8 Å². The van der Waals surface area contributed by atoms with Gasteiger partial charge in [0, 0.05) is 18.5 Å². The van der Waals surface area contributed by atoms with Crippen molar-refractivity contribution in [1.29, 1.82) is 0 Å². The van der Waals surface area contributed by atoms with E-state index in [1.807, 2.05) is 44.2 Å². The van der Waals surface area contributed by atoms with E-state index in [-0.39, 0.29) is 4.90 Å². The summed E-state index contributed by atoms with van der Waals surface area (Å²) >= 11 is 0. The fourth-order valence-electron chi connectivity index (χ4n) is 3.36. The van der Waals surface area contributed by atoms with Crippen LogP contribution < -0.4 is 4.31 Å². The highest BCUT2D eigenvalue weighted by Gasteiger charge is 2.26. The first-order valence-electron chi connectivity index (χ1n) is 11.8. The third-order valence-electron chi connectivity index (χ3n) is 5.25. The molecule has 0 spiro atoms. The first kappa shape index (κ1) is 26.6. The Labute approximate surface area is 214 Å². The van der Waals surface area contributed by atoms with Crippen molar-refractivity contribution >= 4 is 21.7 Å². The molecule has 0 fully saturated rings. The number of carbonyl (C=O) groups is 1. The monoisotopic (exact) mass is 499 g/mol. The lowest BCUT2D eigenvalue weighted by molar-refractivity contribution is -0.144. The molecule has 0 amide bonds. The number of ether oxygens (including phenoxy) is 1. The second-order valence-electron chi connectivity index (χ2n) is 8.21. The molecule has 0 N–H and O–H groups in total. The minimum absolute atomic E-state index is 0.103. The van der Waals surface area contributed by atoms with Crippen LogP contribution >= 0.6 is 0 Å². The Hall–Kier alpha value is -4.00. The van der Waals surface area contributed by atoms with Crippen molar-refractivity contribution in [3.8, 4) is 23.8 Å². The Balaban J connectivity index is 2.14. The number of rotatable bonds is 7. The van der Waals surface area contributed by atoms with Gasteiger partial charge in [-0.2, -0.15) is 4.31 Å². The number of unbranched alkanes of at least 4 members (excludes halogenated alkanes) is 1. The third-order valence-corrected chi connectivity index (χ3v) is 6.89. The van der Waals surface area contributed by atoms with Crippen LogP contribution in [0.25, 0.3) is 0 Å². The Kier molecular flexibility index (Phi) is 9.33. The minimum Gasteiger partial charge on any atom is -0.449 e. The van der Waals surface area contributed by atoms with Crippen LogP contribution in [0.15, 0.2) is 83.8 Å². The molecule has 0 aliphatic carbocycles. The largest absolute Gasteiger partial charge is 0.449 e. The molecule has 0 aliphatic heterocycles. The molecule has 0 heterocycles. The number of anilines is 1. The van der Waals surface area contributed by atoms with Gasteiger partial charge < -0.3 is 4.74 Å². The summed E-state index contributed by atoms with van der Waals surface area (Å²) in [5.41, 5.74) is 2.58. The van der Waals surface area contributed by atoms with Gasteiger partial charge in [-0.1, -0.05) is 73.2 Å². The highest BCUT2D eigenvalue weighted by Crippen LogP contribution is 2.27. The number of nitrogens with zero attached hydrogens (tertiary/aromatic N) is 1. The molecule has 6 heteroatoms. The SMILES string of the molecule is CCCCC(C#CN(c1ccccc1C#Cc1ccccc1)S(=O)(=O)c1ccc(C)cc1)OC(C)=O. The number of hydrogen-bond acceptors (Lipinski definition) is 4. The van der Waals surface area contributed by atoms with Crippen LogP contribution in [0, 0.1) is 30.7 Å². The summed E-state index contributed by atoms with van der Waals surface area (Å²) in [7, 11) is -4.07. The van der Waals surface area contributed by atoms with E-state index in [9.17, 15) is 13.2 Å². The summed E-state index contributed by atoms with van der Waals surface area (Å²) in [5, 5.41) is 0. The van der Waals surface area contributed by atoms with Crippen LogP contribution in [-0.2, 0) is 19.6 Å². The van der Waals surface area contributed by atoms with Gasteiger partial charge in [-0.3, -0.25) is 4.79 Å². The van der Waals surface area contributed by atoms with Crippen molar-refractivity contribution in [1.82, 2.24) is 0 Å². The number of hydrogen-bond donors (Lipinski definition) is 0. The Bertz CT molecular complexity index is 1410. The number of benzene rings is 3. The molecule has 3 aromatic carbocycles. The predicted octanol–water partition coefficient (Wildman–Crippen LogP) is 5.67. The molecule has 0 saturated heterocycles. The smallest absolute Gasteiger partial charge is 0.303 e. The van der Waals surface area contributed by atoms with Crippen LogP contribution in [0.5, 0.6) is 0 Å². The molecule has 36 heavy (non-hydrogen) atoms. The summed E-state index contributed by atoms with van der Waals surface area (Å²) in [5.74, 6) is 8.59. The van der Waals surface area contributed by atoms with Crippen molar-refractivity contribution in [3.63, 3.8) is 0 Å². The molecule has 0 saturated carbocycles. The van der Waals surface area contributed by atoms with E-state index in [2.05, 4.69) is 23.8 Å². The van der Waals surface area contributed by atoms with E-state index in [4.69, 9.17) is 4.74 Å². The number of esters is 1. The highest BCUT2D eigenvalue weighted by molar-refractivity contribution is 7.93. The van der Waals surface area contributed by atoms with Crippen LogP contribution in [-0.4, -0.2) is 20.5 Å². The first-order valence-corrected chi connectivity index (χ1v) is 13.2. The molecule has 0 aromatic heterocycles. The maximum atomic E-state index is 13.8. The zero-order valence-electron chi connectivity index (χ0n) is 20.7. The Morgan fingerprint density at radius 1 is 0.944 bits per heavy atom.